The van der Waals surface area contributed by atoms with E-state index >= 15 is 0 Å². The highest BCUT2D eigenvalue weighted by molar-refractivity contribution is 5.74. The van der Waals surface area contributed by atoms with Crippen molar-refractivity contribution < 1.29 is 0 Å². The van der Waals surface area contributed by atoms with E-state index in [1.807, 2.05) is 24.3 Å². The maximum absolute atomic E-state index is 4.83. The summed E-state index contributed by atoms with van der Waals surface area (Å²) < 4.78 is 0. The number of hydrogen-bond acceptors (Lipinski definition) is 3. The van der Waals surface area contributed by atoms with Gasteiger partial charge in [-0.05, 0) is 37.4 Å². The first-order valence-corrected chi connectivity index (χ1v) is 7.87. The molecule has 1 heterocycles. The van der Waals surface area contributed by atoms with Crippen molar-refractivity contribution in [3.05, 3.63) is 35.7 Å². The fraction of sp³-hybridized carbons (Fsp3) is 0.556. The number of rotatable bonds is 5. The van der Waals surface area contributed by atoms with E-state index in [-0.39, 0.29) is 5.41 Å². The van der Waals surface area contributed by atoms with Gasteiger partial charge in [0.15, 0.2) is 0 Å². The third kappa shape index (κ3) is 4.01. The van der Waals surface area contributed by atoms with Crippen molar-refractivity contribution in [1.29, 1.82) is 0 Å². The Balaban J connectivity index is 2.29. The minimum absolute atomic E-state index is 0.203. The zero-order valence-corrected chi connectivity index (χ0v) is 13.9. The lowest BCUT2D eigenvalue weighted by molar-refractivity contribution is 0.265. The molecule has 0 bridgehead atoms. The van der Waals surface area contributed by atoms with Crippen LogP contribution in [0.5, 0.6) is 0 Å². The van der Waals surface area contributed by atoms with Crippen LogP contribution in [0.15, 0.2) is 24.3 Å². The molecule has 0 amide bonds. The van der Waals surface area contributed by atoms with Gasteiger partial charge in [-0.2, -0.15) is 0 Å². The molecule has 0 aliphatic rings. The van der Waals surface area contributed by atoms with E-state index in [0.29, 0.717) is 6.04 Å². The predicted octanol–water partition coefficient (Wildman–Crippen LogP) is 3.90. The Labute approximate surface area is 128 Å². The molecule has 114 valence electrons. The molecule has 2 aromatic rings. The zero-order valence-electron chi connectivity index (χ0n) is 13.9. The first-order chi connectivity index (χ1) is 9.91. The molecule has 0 saturated heterocycles. The summed E-state index contributed by atoms with van der Waals surface area (Å²) in [7, 11) is 0. The quantitative estimate of drug-likeness (QED) is 0.905. The Kier molecular flexibility index (Phi) is 4.94. The minimum Gasteiger partial charge on any atom is -0.313 e. The first kappa shape index (κ1) is 15.9. The zero-order chi connectivity index (χ0) is 15.5. The van der Waals surface area contributed by atoms with Gasteiger partial charge in [-0.1, -0.05) is 39.8 Å². The third-order valence-electron chi connectivity index (χ3n) is 3.93. The number of nitrogens with one attached hydrogen (secondary N) is 1. The molecule has 1 atom stereocenters. The van der Waals surface area contributed by atoms with Crippen LogP contribution in [0.1, 0.15) is 45.5 Å². The molecular weight excluding hydrogens is 258 g/mol. The van der Waals surface area contributed by atoms with Crippen LogP contribution in [0.4, 0.5) is 0 Å². The summed E-state index contributed by atoms with van der Waals surface area (Å²) in [6, 6.07) is 8.50. The number of nitrogens with zero attached hydrogens (tertiary/aromatic N) is 2. The molecule has 21 heavy (non-hydrogen) atoms. The van der Waals surface area contributed by atoms with Crippen LogP contribution < -0.4 is 5.32 Å². The number of benzene rings is 1. The van der Waals surface area contributed by atoms with Crippen LogP contribution in [-0.4, -0.2) is 22.6 Å². The number of fused-ring (bicyclic) bond motifs is 1. The van der Waals surface area contributed by atoms with Crippen molar-refractivity contribution in [3.63, 3.8) is 0 Å². The molecule has 1 aromatic heterocycles. The van der Waals surface area contributed by atoms with E-state index in [1.165, 1.54) is 0 Å². The first-order valence-electron chi connectivity index (χ1n) is 7.87. The highest BCUT2D eigenvalue weighted by Crippen LogP contribution is 2.23. The number of hydrogen-bond donors (Lipinski definition) is 1. The molecule has 2 rings (SSSR count). The van der Waals surface area contributed by atoms with Crippen molar-refractivity contribution in [2.75, 3.05) is 6.54 Å². The van der Waals surface area contributed by atoms with Gasteiger partial charge in [0.2, 0.25) is 0 Å². The highest BCUT2D eigenvalue weighted by Gasteiger charge is 2.25. The topological polar surface area (TPSA) is 37.8 Å². The van der Waals surface area contributed by atoms with Crippen LogP contribution in [-0.2, 0) is 6.42 Å². The van der Waals surface area contributed by atoms with Crippen molar-refractivity contribution >= 4 is 11.0 Å². The molecule has 3 heteroatoms. The lowest BCUT2D eigenvalue weighted by Crippen LogP contribution is -2.42. The molecule has 0 aliphatic heterocycles. The number of para-hydroxylation sites is 2. The average Bonchev–Trinajstić information content (AvgIpc) is 2.42. The van der Waals surface area contributed by atoms with Gasteiger partial charge >= 0.3 is 0 Å². The summed E-state index contributed by atoms with van der Waals surface area (Å²) >= 11 is 0. The Morgan fingerprint density at radius 2 is 1.71 bits per heavy atom. The predicted molar refractivity (Wildman–Crippen MR) is 89.5 cm³/mol. The Hall–Kier alpha value is -1.48. The third-order valence-corrected chi connectivity index (χ3v) is 3.93. The monoisotopic (exact) mass is 285 g/mol. The molecule has 1 unspecified atom stereocenters. The maximum Gasteiger partial charge on any atom is 0.0890 e. The van der Waals surface area contributed by atoms with Gasteiger partial charge in [-0.15, -0.1) is 0 Å². The summed E-state index contributed by atoms with van der Waals surface area (Å²) in [5, 5.41) is 3.67. The van der Waals surface area contributed by atoms with E-state index in [0.717, 1.165) is 41.8 Å². The van der Waals surface area contributed by atoms with Gasteiger partial charge in [0.25, 0.3) is 0 Å². The van der Waals surface area contributed by atoms with Crippen LogP contribution in [0, 0.1) is 12.3 Å². The normalized spacial score (nSPS) is 13.6. The van der Waals surface area contributed by atoms with Crippen molar-refractivity contribution in [2.45, 2.75) is 53.5 Å². The number of aromatic nitrogens is 2. The molecule has 0 radical (unpaired) electrons. The smallest absolute Gasteiger partial charge is 0.0890 e. The van der Waals surface area contributed by atoms with Gasteiger partial charge in [0.1, 0.15) is 0 Å². The van der Waals surface area contributed by atoms with Crippen molar-refractivity contribution in [1.82, 2.24) is 15.3 Å². The summed E-state index contributed by atoms with van der Waals surface area (Å²) in [6.07, 6.45) is 2.07. The Morgan fingerprint density at radius 1 is 1.10 bits per heavy atom. The summed E-state index contributed by atoms with van der Waals surface area (Å²) in [4.78, 5) is 9.53. The molecular formula is C18H27N3. The van der Waals surface area contributed by atoms with E-state index in [4.69, 9.17) is 9.97 Å². The van der Waals surface area contributed by atoms with E-state index in [2.05, 4.69) is 39.9 Å². The maximum atomic E-state index is 4.83. The number of aryl methyl sites for hydroxylation is 1. The van der Waals surface area contributed by atoms with Crippen LogP contribution in [0.2, 0.25) is 0 Å². The molecule has 3 nitrogen and oxygen atoms in total. The van der Waals surface area contributed by atoms with E-state index in [1.54, 1.807) is 0 Å². The highest BCUT2D eigenvalue weighted by atomic mass is 14.9. The molecule has 0 spiro atoms. The second-order valence-corrected chi connectivity index (χ2v) is 6.82. The van der Waals surface area contributed by atoms with Crippen molar-refractivity contribution in [2.24, 2.45) is 5.41 Å². The summed E-state index contributed by atoms with van der Waals surface area (Å²) in [5.41, 5.74) is 4.32. The Bertz CT molecular complexity index is 599. The molecule has 0 fully saturated rings. The van der Waals surface area contributed by atoms with Crippen molar-refractivity contribution in [3.8, 4) is 0 Å². The lowest BCUT2D eigenvalue weighted by Gasteiger charge is -2.32. The van der Waals surface area contributed by atoms with Crippen LogP contribution in [0.25, 0.3) is 11.0 Å². The van der Waals surface area contributed by atoms with E-state index < -0.39 is 0 Å². The van der Waals surface area contributed by atoms with Gasteiger partial charge in [0, 0.05) is 12.5 Å². The molecule has 1 N–H and O–H groups in total. The average molecular weight is 285 g/mol. The largest absolute Gasteiger partial charge is 0.313 e. The summed E-state index contributed by atoms with van der Waals surface area (Å²) in [6.45, 7) is 12.2. The molecule has 1 aromatic carbocycles. The fourth-order valence-corrected chi connectivity index (χ4v) is 2.51. The van der Waals surface area contributed by atoms with Gasteiger partial charge in [0.05, 0.1) is 22.4 Å². The molecule has 0 saturated carbocycles. The van der Waals surface area contributed by atoms with Crippen LogP contribution >= 0.6 is 0 Å². The van der Waals surface area contributed by atoms with Crippen LogP contribution in [0.3, 0.4) is 0 Å². The SMILES string of the molecule is CCCNC(Cc1nc2ccccc2nc1C)C(C)(C)C. The summed E-state index contributed by atoms with van der Waals surface area (Å²) in [5.74, 6) is 0. The van der Waals surface area contributed by atoms with E-state index in [9.17, 15) is 0 Å². The second-order valence-electron chi connectivity index (χ2n) is 6.82. The minimum atomic E-state index is 0.203. The second kappa shape index (κ2) is 6.52. The van der Waals surface area contributed by atoms with Gasteiger partial charge < -0.3 is 5.32 Å². The fourth-order valence-electron chi connectivity index (χ4n) is 2.51. The van der Waals surface area contributed by atoms with Gasteiger partial charge in [-0.3, -0.25) is 0 Å². The lowest BCUT2D eigenvalue weighted by atomic mass is 9.83. The van der Waals surface area contributed by atoms with Gasteiger partial charge in [-0.25, -0.2) is 9.97 Å². The molecule has 0 aliphatic carbocycles. The standard InChI is InChI=1S/C18H27N3/c1-6-11-19-17(18(3,4)5)12-16-13(2)20-14-9-7-8-10-15(14)21-16/h7-10,17,19H,6,11-12H2,1-5H3. The Morgan fingerprint density at radius 3 is 2.29 bits per heavy atom.